The summed E-state index contributed by atoms with van der Waals surface area (Å²) < 4.78 is 0. The molecule has 0 aromatic carbocycles. The summed E-state index contributed by atoms with van der Waals surface area (Å²) in [7, 11) is 0. The first-order valence-electron chi connectivity index (χ1n) is 6.27. The van der Waals surface area contributed by atoms with Crippen LogP contribution in [0, 0.1) is 0 Å². The van der Waals surface area contributed by atoms with Gasteiger partial charge in [-0.05, 0) is 25.8 Å². The number of nitrogens with two attached hydrogens (primary N) is 2. The third-order valence-electron chi connectivity index (χ3n) is 2.80. The van der Waals surface area contributed by atoms with Crippen LogP contribution >= 0.6 is 0 Å². The van der Waals surface area contributed by atoms with E-state index >= 15 is 0 Å². The molecule has 0 aliphatic carbocycles. The first kappa shape index (κ1) is 13.9. The fraction of sp³-hybridized carbons (Fsp3) is 1.00. The van der Waals surface area contributed by atoms with Crippen LogP contribution in [-0.2, 0) is 0 Å². The monoisotopic (exact) mass is 200 g/mol. The molecule has 0 amide bonds. The van der Waals surface area contributed by atoms with Crippen LogP contribution < -0.4 is 11.5 Å². The molecular formula is C12H28N2. The van der Waals surface area contributed by atoms with Crippen molar-refractivity contribution in [2.75, 3.05) is 6.54 Å². The van der Waals surface area contributed by atoms with Crippen molar-refractivity contribution in [1.29, 1.82) is 0 Å². The number of hydrogen-bond donors (Lipinski definition) is 2. The standard InChI is InChI=1S/C12H28N2/c1-2-12(14)10-8-6-4-3-5-7-9-11-13/h12H,2-11,13-14H2,1H3. The predicted molar refractivity (Wildman–Crippen MR) is 64.3 cm³/mol. The lowest BCUT2D eigenvalue weighted by Crippen LogP contribution is -2.17. The van der Waals surface area contributed by atoms with Crippen molar-refractivity contribution >= 4 is 0 Å². The van der Waals surface area contributed by atoms with Gasteiger partial charge in [0, 0.05) is 6.04 Å². The molecule has 14 heavy (non-hydrogen) atoms. The van der Waals surface area contributed by atoms with E-state index in [4.69, 9.17) is 11.5 Å². The molecule has 86 valence electrons. The van der Waals surface area contributed by atoms with Crippen LogP contribution in [0.3, 0.4) is 0 Å². The summed E-state index contributed by atoms with van der Waals surface area (Å²) in [5, 5.41) is 0. The molecule has 4 N–H and O–H groups in total. The Morgan fingerprint density at radius 3 is 1.86 bits per heavy atom. The molecule has 0 saturated heterocycles. The minimum atomic E-state index is 0.437. The molecule has 0 aliphatic rings. The van der Waals surface area contributed by atoms with Gasteiger partial charge in [-0.1, -0.05) is 45.4 Å². The normalized spacial score (nSPS) is 13.1. The van der Waals surface area contributed by atoms with Gasteiger partial charge in [-0.3, -0.25) is 0 Å². The fourth-order valence-electron chi connectivity index (χ4n) is 1.64. The minimum Gasteiger partial charge on any atom is -0.330 e. The average Bonchev–Trinajstić information content (AvgIpc) is 2.21. The van der Waals surface area contributed by atoms with E-state index in [0.717, 1.165) is 13.0 Å². The maximum Gasteiger partial charge on any atom is 0.00362 e. The third kappa shape index (κ3) is 10.0. The van der Waals surface area contributed by atoms with E-state index in [0.29, 0.717) is 6.04 Å². The topological polar surface area (TPSA) is 52.0 Å². The van der Waals surface area contributed by atoms with Crippen LogP contribution in [0.5, 0.6) is 0 Å². The Morgan fingerprint density at radius 2 is 1.36 bits per heavy atom. The molecule has 0 aromatic rings. The van der Waals surface area contributed by atoms with Gasteiger partial charge in [0.25, 0.3) is 0 Å². The zero-order valence-corrected chi connectivity index (χ0v) is 9.80. The molecule has 0 aliphatic heterocycles. The zero-order valence-electron chi connectivity index (χ0n) is 9.80. The smallest absolute Gasteiger partial charge is 0.00362 e. The second kappa shape index (κ2) is 11.0. The largest absolute Gasteiger partial charge is 0.330 e. The number of unbranched alkanes of at least 4 members (excludes halogenated alkanes) is 6. The van der Waals surface area contributed by atoms with Crippen molar-refractivity contribution in [3.63, 3.8) is 0 Å². The van der Waals surface area contributed by atoms with Gasteiger partial charge in [0.2, 0.25) is 0 Å². The molecule has 0 radical (unpaired) electrons. The van der Waals surface area contributed by atoms with Gasteiger partial charge in [-0.2, -0.15) is 0 Å². The molecule has 1 unspecified atom stereocenters. The molecule has 0 fully saturated rings. The molecule has 2 heteroatoms. The van der Waals surface area contributed by atoms with Crippen LogP contribution in [0.4, 0.5) is 0 Å². The Hall–Kier alpha value is -0.0800. The summed E-state index contributed by atoms with van der Waals surface area (Å²) in [6, 6.07) is 0.437. The van der Waals surface area contributed by atoms with Crippen LogP contribution in [0.15, 0.2) is 0 Å². The van der Waals surface area contributed by atoms with Crippen molar-refractivity contribution in [3.8, 4) is 0 Å². The summed E-state index contributed by atoms with van der Waals surface area (Å²) in [6.07, 6.45) is 11.6. The van der Waals surface area contributed by atoms with Gasteiger partial charge in [0.15, 0.2) is 0 Å². The van der Waals surface area contributed by atoms with E-state index in [9.17, 15) is 0 Å². The van der Waals surface area contributed by atoms with E-state index < -0.39 is 0 Å². The highest BCUT2D eigenvalue weighted by Gasteiger charge is 1.97. The Kier molecular flexibility index (Phi) is 10.9. The summed E-state index contributed by atoms with van der Waals surface area (Å²) in [4.78, 5) is 0. The molecule has 0 bridgehead atoms. The van der Waals surface area contributed by atoms with Crippen molar-refractivity contribution in [3.05, 3.63) is 0 Å². The SMILES string of the molecule is CCC(N)CCCCCCCCCN. The van der Waals surface area contributed by atoms with Gasteiger partial charge in [-0.25, -0.2) is 0 Å². The van der Waals surface area contributed by atoms with E-state index in [-0.39, 0.29) is 0 Å². The second-order valence-electron chi connectivity index (χ2n) is 4.22. The average molecular weight is 200 g/mol. The maximum absolute atomic E-state index is 5.84. The molecule has 1 atom stereocenters. The van der Waals surface area contributed by atoms with E-state index in [1.807, 2.05) is 0 Å². The van der Waals surface area contributed by atoms with E-state index in [1.165, 1.54) is 51.4 Å². The van der Waals surface area contributed by atoms with Gasteiger partial charge in [0.1, 0.15) is 0 Å². The van der Waals surface area contributed by atoms with E-state index in [2.05, 4.69) is 6.92 Å². The highest BCUT2D eigenvalue weighted by Crippen LogP contribution is 2.09. The van der Waals surface area contributed by atoms with Crippen LogP contribution in [-0.4, -0.2) is 12.6 Å². The van der Waals surface area contributed by atoms with Gasteiger partial charge >= 0.3 is 0 Å². The summed E-state index contributed by atoms with van der Waals surface area (Å²) in [5.41, 5.74) is 11.3. The molecule has 0 saturated carbocycles. The van der Waals surface area contributed by atoms with Crippen LogP contribution in [0.25, 0.3) is 0 Å². The quantitative estimate of drug-likeness (QED) is 0.533. The minimum absolute atomic E-state index is 0.437. The molecule has 2 nitrogen and oxygen atoms in total. The van der Waals surface area contributed by atoms with Crippen molar-refractivity contribution in [2.45, 2.75) is 70.8 Å². The lowest BCUT2D eigenvalue weighted by molar-refractivity contribution is 0.520. The Balaban J connectivity index is 2.92. The summed E-state index contributed by atoms with van der Waals surface area (Å²) >= 11 is 0. The van der Waals surface area contributed by atoms with Crippen LogP contribution in [0.1, 0.15) is 64.7 Å². The lowest BCUT2D eigenvalue weighted by atomic mass is 10.0. The highest BCUT2D eigenvalue weighted by atomic mass is 14.6. The second-order valence-corrected chi connectivity index (χ2v) is 4.22. The molecule has 0 rings (SSSR count). The highest BCUT2D eigenvalue weighted by molar-refractivity contribution is 4.58. The fourth-order valence-corrected chi connectivity index (χ4v) is 1.64. The van der Waals surface area contributed by atoms with Crippen molar-refractivity contribution in [1.82, 2.24) is 0 Å². The van der Waals surface area contributed by atoms with Gasteiger partial charge < -0.3 is 11.5 Å². The lowest BCUT2D eigenvalue weighted by Gasteiger charge is -2.07. The Morgan fingerprint density at radius 1 is 0.857 bits per heavy atom. The summed E-state index contributed by atoms with van der Waals surface area (Å²) in [5.74, 6) is 0. The van der Waals surface area contributed by atoms with E-state index in [1.54, 1.807) is 0 Å². The number of hydrogen-bond acceptors (Lipinski definition) is 2. The number of rotatable bonds is 10. The molecule has 0 spiro atoms. The third-order valence-corrected chi connectivity index (χ3v) is 2.80. The first-order chi connectivity index (χ1) is 6.81. The molecule has 0 heterocycles. The Bertz CT molecular complexity index is 104. The summed E-state index contributed by atoms with van der Waals surface area (Å²) in [6.45, 7) is 3.02. The van der Waals surface area contributed by atoms with Crippen molar-refractivity contribution < 1.29 is 0 Å². The van der Waals surface area contributed by atoms with Gasteiger partial charge in [0.05, 0.1) is 0 Å². The Labute approximate surface area is 89.4 Å². The maximum atomic E-state index is 5.84. The zero-order chi connectivity index (χ0) is 10.6. The van der Waals surface area contributed by atoms with Crippen LogP contribution in [0.2, 0.25) is 0 Å². The van der Waals surface area contributed by atoms with Gasteiger partial charge in [-0.15, -0.1) is 0 Å². The predicted octanol–water partition coefficient (Wildman–Crippen LogP) is 2.80. The molecular weight excluding hydrogens is 172 g/mol. The van der Waals surface area contributed by atoms with Crippen molar-refractivity contribution in [2.24, 2.45) is 11.5 Å². The molecule has 0 aromatic heterocycles. The first-order valence-corrected chi connectivity index (χ1v) is 6.27.